The highest BCUT2D eigenvalue weighted by molar-refractivity contribution is 5.57. The third kappa shape index (κ3) is 1.96. The van der Waals surface area contributed by atoms with Gasteiger partial charge in [-0.3, -0.25) is 0 Å². The van der Waals surface area contributed by atoms with Gasteiger partial charge in [-0.1, -0.05) is 0 Å². The summed E-state index contributed by atoms with van der Waals surface area (Å²) in [6.07, 6.45) is 0. The molecular formula is C13H10FNO. The van der Waals surface area contributed by atoms with E-state index in [1.54, 1.807) is 31.2 Å². The molecule has 3 heteroatoms. The molecule has 80 valence electrons. The van der Waals surface area contributed by atoms with Crippen molar-refractivity contribution in [2.45, 2.75) is 13.0 Å². The summed E-state index contributed by atoms with van der Waals surface area (Å²) in [6, 6.07) is 9.37. The third-order valence-corrected chi connectivity index (χ3v) is 2.36. The van der Waals surface area contributed by atoms with Crippen molar-refractivity contribution in [1.82, 2.24) is 0 Å². The van der Waals surface area contributed by atoms with Crippen molar-refractivity contribution in [3.8, 4) is 11.3 Å². The van der Waals surface area contributed by atoms with Crippen molar-refractivity contribution in [2.75, 3.05) is 0 Å². The summed E-state index contributed by atoms with van der Waals surface area (Å²) in [4.78, 5) is 3.38. The number of nitrogens with zero attached hydrogens (tertiary/aromatic N) is 1. The molecule has 1 unspecified atom stereocenters. The number of hydrogen-bond donors (Lipinski definition) is 0. The van der Waals surface area contributed by atoms with Crippen LogP contribution in [-0.4, -0.2) is 0 Å². The Balaban J connectivity index is 2.32. The van der Waals surface area contributed by atoms with Gasteiger partial charge in [-0.15, -0.1) is 0 Å². The van der Waals surface area contributed by atoms with Gasteiger partial charge in [-0.2, -0.15) is 0 Å². The first kappa shape index (κ1) is 10.4. The van der Waals surface area contributed by atoms with Gasteiger partial charge >= 0.3 is 0 Å². The van der Waals surface area contributed by atoms with Gasteiger partial charge in [0.25, 0.3) is 6.04 Å². The Morgan fingerprint density at radius 3 is 2.50 bits per heavy atom. The van der Waals surface area contributed by atoms with Gasteiger partial charge < -0.3 is 9.26 Å². The third-order valence-electron chi connectivity index (χ3n) is 2.36. The minimum atomic E-state index is -0.283. The first-order valence-electron chi connectivity index (χ1n) is 4.93. The average molecular weight is 215 g/mol. The molecule has 1 heterocycles. The summed E-state index contributed by atoms with van der Waals surface area (Å²) in [5.74, 6) is 1.02. The molecule has 0 amide bonds. The molecule has 0 fully saturated rings. The molecule has 0 aliphatic rings. The number of rotatable bonds is 2. The van der Waals surface area contributed by atoms with Gasteiger partial charge in [0, 0.05) is 12.5 Å². The molecule has 1 aromatic heterocycles. The van der Waals surface area contributed by atoms with Crippen molar-refractivity contribution < 1.29 is 8.81 Å². The second kappa shape index (κ2) is 4.19. The molecule has 16 heavy (non-hydrogen) atoms. The van der Waals surface area contributed by atoms with Crippen LogP contribution in [0.3, 0.4) is 0 Å². The molecule has 0 bridgehead atoms. The van der Waals surface area contributed by atoms with Crippen LogP contribution in [0.5, 0.6) is 0 Å². The van der Waals surface area contributed by atoms with Crippen LogP contribution in [0, 0.1) is 12.4 Å². The molecule has 0 saturated carbocycles. The largest absolute Gasteiger partial charge is 0.453 e. The van der Waals surface area contributed by atoms with E-state index in [0.717, 1.165) is 5.56 Å². The highest BCUT2D eigenvalue weighted by atomic mass is 19.1. The number of hydrogen-bond acceptors (Lipinski definition) is 1. The summed E-state index contributed by atoms with van der Waals surface area (Å²) < 4.78 is 18.2. The van der Waals surface area contributed by atoms with Gasteiger partial charge in [-0.05, 0) is 36.4 Å². The summed E-state index contributed by atoms with van der Waals surface area (Å²) in [5, 5.41) is 0. The SMILES string of the molecule is [C-]#[N+]C(C)c1ccc(-c2ccc(F)cc2)o1. The Morgan fingerprint density at radius 2 is 1.88 bits per heavy atom. The fourth-order valence-electron chi connectivity index (χ4n) is 1.41. The average Bonchev–Trinajstić information content (AvgIpc) is 2.78. The van der Waals surface area contributed by atoms with Crippen molar-refractivity contribution in [1.29, 1.82) is 0 Å². The van der Waals surface area contributed by atoms with Crippen LogP contribution in [-0.2, 0) is 0 Å². The van der Waals surface area contributed by atoms with Gasteiger partial charge in [0.05, 0.1) is 0 Å². The van der Waals surface area contributed by atoms with Crippen LogP contribution in [0.15, 0.2) is 40.8 Å². The second-order valence-corrected chi connectivity index (χ2v) is 3.51. The van der Waals surface area contributed by atoms with Crippen LogP contribution in [0.1, 0.15) is 18.7 Å². The molecule has 0 aliphatic carbocycles. The van der Waals surface area contributed by atoms with Crippen molar-refractivity contribution in [3.05, 3.63) is 59.4 Å². The van der Waals surface area contributed by atoms with E-state index in [0.29, 0.717) is 11.5 Å². The van der Waals surface area contributed by atoms with Crippen molar-refractivity contribution in [3.63, 3.8) is 0 Å². The van der Waals surface area contributed by atoms with Crippen LogP contribution >= 0.6 is 0 Å². The predicted octanol–water partition coefficient (Wildman–Crippen LogP) is 4.07. The number of furan rings is 1. The Morgan fingerprint density at radius 1 is 1.19 bits per heavy atom. The van der Waals surface area contributed by atoms with E-state index < -0.39 is 0 Å². The zero-order valence-corrected chi connectivity index (χ0v) is 8.77. The molecule has 0 aliphatic heterocycles. The quantitative estimate of drug-likeness (QED) is 0.690. The normalized spacial score (nSPS) is 12.1. The molecular weight excluding hydrogens is 205 g/mol. The Kier molecular flexibility index (Phi) is 2.74. The highest BCUT2D eigenvalue weighted by Gasteiger charge is 2.14. The highest BCUT2D eigenvalue weighted by Crippen LogP contribution is 2.26. The number of halogens is 1. The maximum atomic E-state index is 12.7. The zero-order chi connectivity index (χ0) is 11.5. The lowest BCUT2D eigenvalue weighted by molar-refractivity contribution is 0.511. The molecule has 2 rings (SSSR count). The van der Waals surface area contributed by atoms with E-state index >= 15 is 0 Å². The smallest absolute Gasteiger partial charge is 0.277 e. The minimum absolute atomic E-state index is 0.273. The fourth-order valence-corrected chi connectivity index (χ4v) is 1.41. The summed E-state index contributed by atoms with van der Waals surface area (Å²) in [6.45, 7) is 8.68. The van der Waals surface area contributed by atoms with E-state index in [2.05, 4.69) is 4.85 Å². The van der Waals surface area contributed by atoms with Gasteiger partial charge in [0.2, 0.25) is 0 Å². The summed E-state index contributed by atoms with van der Waals surface area (Å²) in [7, 11) is 0. The second-order valence-electron chi connectivity index (χ2n) is 3.51. The maximum Gasteiger partial charge on any atom is 0.277 e. The number of benzene rings is 1. The topological polar surface area (TPSA) is 17.5 Å². The van der Waals surface area contributed by atoms with Crippen LogP contribution < -0.4 is 0 Å². The predicted molar refractivity (Wildman–Crippen MR) is 59.1 cm³/mol. The Bertz CT molecular complexity index is 522. The lowest BCUT2D eigenvalue weighted by atomic mass is 10.2. The molecule has 0 N–H and O–H groups in total. The monoisotopic (exact) mass is 215 g/mol. The lowest BCUT2D eigenvalue weighted by Gasteiger charge is -1.97. The summed E-state index contributed by atoms with van der Waals surface area (Å²) >= 11 is 0. The van der Waals surface area contributed by atoms with Crippen LogP contribution in [0.4, 0.5) is 4.39 Å². The minimum Gasteiger partial charge on any atom is -0.453 e. The van der Waals surface area contributed by atoms with E-state index in [4.69, 9.17) is 11.0 Å². The standard InChI is InChI=1S/C13H10FNO/c1-9(15-2)12-7-8-13(16-12)10-3-5-11(14)6-4-10/h3-9H,1H3. The zero-order valence-electron chi connectivity index (χ0n) is 8.77. The van der Waals surface area contributed by atoms with Crippen molar-refractivity contribution >= 4 is 0 Å². The first-order chi connectivity index (χ1) is 7.70. The molecule has 2 nitrogen and oxygen atoms in total. The summed E-state index contributed by atoms with van der Waals surface area (Å²) in [5.41, 5.74) is 0.810. The molecule has 0 radical (unpaired) electrons. The molecule has 1 atom stereocenters. The van der Waals surface area contributed by atoms with E-state index in [-0.39, 0.29) is 11.9 Å². The van der Waals surface area contributed by atoms with E-state index in [1.807, 2.05) is 0 Å². The molecule has 0 spiro atoms. The van der Waals surface area contributed by atoms with Gasteiger partial charge in [-0.25, -0.2) is 11.0 Å². The Hall–Kier alpha value is -2.08. The van der Waals surface area contributed by atoms with Crippen molar-refractivity contribution in [2.24, 2.45) is 0 Å². The van der Waals surface area contributed by atoms with E-state index in [9.17, 15) is 4.39 Å². The van der Waals surface area contributed by atoms with Crippen LogP contribution in [0.2, 0.25) is 0 Å². The Labute approximate surface area is 93.1 Å². The van der Waals surface area contributed by atoms with Gasteiger partial charge in [0.15, 0.2) is 5.76 Å². The first-order valence-corrected chi connectivity index (χ1v) is 4.93. The molecule has 0 saturated heterocycles. The van der Waals surface area contributed by atoms with E-state index in [1.165, 1.54) is 12.1 Å². The molecule has 2 aromatic rings. The van der Waals surface area contributed by atoms with Crippen LogP contribution in [0.25, 0.3) is 16.2 Å². The maximum absolute atomic E-state index is 12.7. The fraction of sp³-hybridized carbons (Fsp3) is 0.154. The lowest BCUT2D eigenvalue weighted by Crippen LogP contribution is -1.81. The molecule has 1 aromatic carbocycles. The van der Waals surface area contributed by atoms with Gasteiger partial charge in [0.1, 0.15) is 11.6 Å².